The third kappa shape index (κ3) is 7.60. The molecule has 0 unspecified atom stereocenters. The van der Waals surface area contributed by atoms with Crippen LogP contribution in [0.15, 0.2) is 81.3 Å². The summed E-state index contributed by atoms with van der Waals surface area (Å²) in [4.78, 5) is 69.5. The highest BCUT2D eigenvalue weighted by atomic mass is 35.5. The number of rotatable bonds is 12. The molecule has 2 atom stereocenters. The van der Waals surface area contributed by atoms with Crippen LogP contribution in [0, 0.1) is 27.7 Å². The third-order valence-corrected chi connectivity index (χ3v) is 13.1. The summed E-state index contributed by atoms with van der Waals surface area (Å²) in [6.45, 7) is 8.68. The summed E-state index contributed by atoms with van der Waals surface area (Å²) in [5.41, 5.74) is 6.29. The molecule has 2 N–H and O–H groups in total. The maximum Gasteiger partial charge on any atom is 0.390 e. The van der Waals surface area contributed by atoms with Crippen molar-refractivity contribution in [1.82, 2.24) is 49.5 Å². The number of aryl methyl sites for hydroxylation is 3. The van der Waals surface area contributed by atoms with E-state index < -0.39 is 42.1 Å². The highest BCUT2D eigenvalue weighted by Crippen LogP contribution is 2.41. The third-order valence-electron chi connectivity index (χ3n) is 11.6. The number of benzene rings is 2. The van der Waals surface area contributed by atoms with Crippen LogP contribution in [0.4, 0.5) is 0 Å². The first-order valence-electron chi connectivity index (χ1n) is 20.6. The van der Waals surface area contributed by atoms with E-state index in [1.807, 2.05) is 57.2 Å². The molecule has 0 saturated heterocycles. The topological polar surface area (TPSA) is 216 Å². The van der Waals surface area contributed by atoms with Gasteiger partial charge in [-0.25, -0.2) is 4.79 Å². The molecule has 0 saturated carbocycles. The van der Waals surface area contributed by atoms with Crippen molar-refractivity contribution in [2.75, 3.05) is 14.2 Å². The van der Waals surface area contributed by atoms with Crippen LogP contribution < -0.4 is 20.9 Å². The van der Waals surface area contributed by atoms with Gasteiger partial charge in [0.05, 0.1) is 77.0 Å². The van der Waals surface area contributed by atoms with Gasteiger partial charge in [-0.05, 0) is 76.6 Å². The fraction of sp³-hybridized carbons (Fsp3) is 0.244. The normalized spacial score (nSPS) is 13.7. The Balaban J connectivity index is 1.02. The zero-order valence-corrected chi connectivity index (χ0v) is 38.2. The van der Waals surface area contributed by atoms with E-state index in [1.165, 1.54) is 23.0 Å². The highest BCUT2D eigenvalue weighted by Gasteiger charge is 2.35. The minimum atomic E-state index is -0.742. The summed E-state index contributed by atoms with van der Waals surface area (Å²) in [7, 11) is 4.01. The van der Waals surface area contributed by atoms with Crippen molar-refractivity contribution < 1.29 is 28.4 Å². The number of methoxy groups -OCH3 is 2. The minimum Gasteiger partial charge on any atom is -0.496 e. The number of imidazole rings is 1. The Bertz CT molecular complexity index is 3320. The quantitative estimate of drug-likeness (QED) is 0.105. The Hall–Kier alpha value is -7.45. The summed E-state index contributed by atoms with van der Waals surface area (Å²) in [5, 5.41) is 19.9. The lowest BCUT2D eigenvalue weighted by molar-refractivity contribution is -0.141. The Kier molecular flexibility index (Phi) is 11.6. The van der Waals surface area contributed by atoms with Crippen molar-refractivity contribution >= 4 is 75.9 Å². The molecule has 21 heteroatoms. The lowest BCUT2D eigenvalue weighted by Gasteiger charge is -2.15. The average Bonchev–Trinajstić information content (AvgIpc) is 4.02. The number of nitrogens with one attached hydrogen (secondary N) is 2. The smallest absolute Gasteiger partial charge is 0.390 e. The van der Waals surface area contributed by atoms with Crippen LogP contribution in [-0.2, 0) is 20.9 Å². The van der Waals surface area contributed by atoms with Crippen molar-refractivity contribution in [1.29, 1.82) is 0 Å². The van der Waals surface area contributed by atoms with Gasteiger partial charge in [-0.1, -0.05) is 35.0 Å². The van der Waals surface area contributed by atoms with Gasteiger partial charge in [-0.3, -0.25) is 43.0 Å². The minimum absolute atomic E-state index is 0.0926. The number of aliphatic imine (C=N–C) groups is 1. The summed E-state index contributed by atoms with van der Waals surface area (Å²) in [6.07, 6.45) is 3.13. The first kappa shape index (κ1) is 43.8. The number of hydrogen-bond acceptors (Lipinski definition) is 14. The molecule has 7 heterocycles. The predicted molar refractivity (Wildman–Crippen MR) is 248 cm³/mol. The van der Waals surface area contributed by atoms with E-state index >= 15 is 0 Å². The number of carbonyl (C=O) groups is 3. The Labute approximate surface area is 385 Å². The molecule has 1 aliphatic heterocycles. The summed E-state index contributed by atoms with van der Waals surface area (Å²) in [6, 6.07) is 15.0. The molecule has 8 aromatic rings. The van der Waals surface area contributed by atoms with Crippen molar-refractivity contribution in [2.24, 2.45) is 4.99 Å². The van der Waals surface area contributed by atoms with Crippen molar-refractivity contribution in [2.45, 2.75) is 59.7 Å². The SMILES string of the molecule is COC(=O)C[C@@H]1N=C(c2ccc(Cl)cc2)c2c(sc(C(=O)N[B]NC(=O)Cn3c(=O)n([C@H](C)c4ccccn4)c4c5cc(OC)c(-c6c(C)noc6C)cc5ncc43)c2C)-n2c(C)nnc21. The monoisotopic (exact) mass is 924 g/mol. The molecule has 333 valence electrons. The molecule has 66 heavy (non-hydrogen) atoms. The molecule has 9 rings (SSSR count). The Morgan fingerprint density at radius 3 is 2.48 bits per heavy atom. The number of carbonyl (C=O) groups excluding carboxylic acids is 3. The number of aromatic nitrogens is 8. The number of halogens is 1. The van der Waals surface area contributed by atoms with Crippen LogP contribution in [0.25, 0.3) is 38.1 Å². The van der Waals surface area contributed by atoms with E-state index in [0.717, 1.165) is 18.7 Å². The van der Waals surface area contributed by atoms with Gasteiger partial charge in [0.25, 0.3) is 5.91 Å². The maximum absolute atomic E-state index is 14.5. The molecule has 18 nitrogen and oxygen atoms in total. The largest absolute Gasteiger partial charge is 0.496 e. The zero-order chi connectivity index (χ0) is 46.6. The van der Waals surface area contributed by atoms with Gasteiger partial charge in [0.15, 0.2) is 5.82 Å². The average molecular weight is 925 g/mol. The van der Waals surface area contributed by atoms with Crippen molar-refractivity contribution in [3.8, 4) is 21.9 Å². The fourth-order valence-electron chi connectivity index (χ4n) is 8.39. The molecule has 2 aromatic carbocycles. The van der Waals surface area contributed by atoms with Gasteiger partial charge in [0.2, 0.25) is 5.91 Å². The molecule has 1 aliphatic rings. The second-order valence-electron chi connectivity index (χ2n) is 15.6. The van der Waals surface area contributed by atoms with Crippen LogP contribution in [-0.4, -0.2) is 84.3 Å². The highest BCUT2D eigenvalue weighted by molar-refractivity contribution is 7.17. The van der Waals surface area contributed by atoms with Crippen LogP contribution >= 0.6 is 22.9 Å². The molecule has 0 bridgehead atoms. The maximum atomic E-state index is 14.5. The van der Waals surface area contributed by atoms with Gasteiger partial charge >= 0.3 is 19.2 Å². The van der Waals surface area contributed by atoms with Crippen LogP contribution in [0.1, 0.15) is 80.6 Å². The Morgan fingerprint density at radius 1 is 1.00 bits per heavy atom. The fourth-order valence-corrected chi connectivity index (χ4v) is 9.78. The molecular weight excluding hydrogens is 885 g/mol. The van der Waals surface area contributed by atoms with E-state index in [-0.39, 0.29) is 6.42 Å². The van der Waals surface area contributed by atoms with E-state index in [4.69, 9.17) is 35.6 Å². The summed E-state index contributed by atoms with van der Waals surface area (Å²) in [5.74, 6) is 0.472. The predicted octanol–water partition coefficient (Wildman–Crippen LogP) is 6.08. The molecule has 1 radical (unpaired) electrons. The molecule has 0 aliphatic carbocycles. The summed E-state index contributed by atoms with van der Waals surface area (Å²) >= 11 is 7.44. The number of esters is 1. The van der Waals surface area contributed by atoms with E-state index in [9.17, 15) is 19.2 Å². The number of ether oxygens (including phenoxy) is 2. The van der Waals surface area contributed by atoms with Gasteiger partial charge < -0.3 is 24.5 Å². The second-order valence-corrected chi connectivity index (χ2v) is 17.0. The lowest BCUT2D eigenvalue weighted by Crippen LogP contribution is -2.43. The number of nitrogens with zero attached hydrogens (tertiary/aromatic N) is 9. The number of pyridine rings is 2. The molecular formula is C45H40BClN11O7S. The van der Waals surface area contributed by atoms with E-state index in [1.54, 1.807) is 60.7 Å². The van der Waals surface area contributed by atoms with Crippen LogP contribution in [0.5, 0.6) is 5.75 Å². The molecule has 0 fully saturated rings. The molecule has 0 spiro atoms. The van der Waals surface area contributed by atoms with Crippen molar-refractivity contribution in [3.05, 3.63) is 133 Å². The zero-order valence-electron chi connectivity index (χ0n) is 36.7. The van der Waals surface area contributed by atoms with E-state index in [0.29, 0.717) is 93.8 Å². The van der Waals surface area contributed by atoms with Gasteiger partial charge in [0, 0.05) is 33.3 Å². The number of hydrogen-bond donors (Lipinski definition) is 2. The van der Waals surface area contributed by atoms with Gasteiger partial charge in [-0.15, -0.1) is 21.5 Å². The number of fused-ring (bicyclic) bond motifs is 6. The lowest BCUT2D eigenvalue weighted by atomic mass is 9.99. The first-order valence-corrected chi connectivity index (χ1v) is 21.8. The Morgan fingerprint density at radius 2 is 1.79 bits per heavy atom. The van der Waals surface area contributed by atoms with E-state index in [2.05, 4.69) is 30.8 Å². The first-order chi connectivity index (χ1) is 31.8. The van der Waals surface area contributed by atoms with Crippen LogP contribution in [0.3, 0.4) is 0 Å². The van der Waals surface area contributed by atoms with Gasteiger partial charge in [0.1, 0.15) is 34.9 Å². The van der Waals surface area contributed by atoms with Crippen molar-refractivity contribution in [3.63, 3.8) is 0 Å². The molecule has 6 aromatic heterocycles. The number of thiophene rings is 1. The second kappa shape index (κ2) is 17.5. The van der Waals surface area contributed by atoms with Gasteiger partial charge in [-0.2, -0.15) is 0 Å². The summed E-state index contributed by atoms with van der Waals surface area (Å²) < 4.78 is 21.1. The number of amides is 2. The standard InChI is InChI=1S/C45H40BClN11O7S/c1-21-37-39(26-11-13-27(47)14-12-26)50-32(18-36(60)64-7)42-54-53-25(5)58(42)44(37)66-41(21)43(61)52-46-51-35(59)20-56-33-19-49-31-16-29(38-22(2)55-65-24(38)4)34(63-6)17-28(31)40(33)57(45(56)62)23(3)30-10-8-9-15-48-30/h8-17,19,23,32H,18,20H2,1-7H3,(H,51,59)(H,52,61)/t23-,32+/m1/s1. The molecule has 2 amide bonds. The van der Waals surface area contributed by atoms with Crippen LogP contribution in [0.2, 0.25) is 5.02 Å².